The number of pyridine rings is 1. The van der Waals surface area contributed by atoms with Crippen molar-refractivity contribution in [1.82, 2.24) is 9.88 Å². The second kappa shape index (κ2) is 7.91. The van der Waals surface area contributed by atoms with Crippen molar-refractivity contribution < 1.29 is 5.11 Å². The summed E-state index contributed by atoms with van der Waals surface area (Å²) in [6.07, 6.45) is 4.74. The van der Waals surface area contributed by atoms with Gasteiger partial charge < -0.3 is 10.4 Å². The van der Waals surface area contributed by atoms with E-state index in [1.165, 1.54) is 11.1 Å². The van der Waals surface area contributed by atoms with Crippen LogP contribution in [0.4, 0.5) is 5.69 Å². The van der Waals surface area contributed by atoms with Crippen molar-refractivity contribution >= 4 is 5.69 Å². The Labute approximate surface area is 176 Å². The van der Waals surface area contributed by atoms with Crippen LogP contribution in [0.1, 0.15) is 29.2 Å². The molecule has 3 heterocycles. The number of likely N-dealkylation sites (tertiary alicyclic amines) is 1. The monoisotopic (exact) mass is 396 g/mol. The summed E-state index contributed by atoms with van der Waals surface area (Å²) in [4.78, 5) is 6.66. The first-order valence-electron chi connectivity index (χ1n) is 10.4. The molecule has 2 aromatic carbocycles. The van der Waals surface area contributed by atoms with Gasteiger partial charge in [-0.3, -0.25) is 9.88 Å². The highest BCUT2D eigenvalue weighted by atomic mass is 16.3. The van der Waals surface area contributed by atoms with Gasteiger partial charge in [-0.1, -0.05) is 18.2 Å². The number of hydrogen-bond acceptors (Lipinski definition) is 5. The number of aliphatic hydroxyl groups is 1. The van der Waals surface area contributed by atoms with Gasteiger partial charge in [-0.2, -0.15) is 5.26 Å². The molecule has 1 saturated heterocycles. The molecule has 2 aliphatic heterocycles. The van der Waals surface area contributed by atoms with Gasteiger partial charge in [0.1, 0.15) is 0 Å². The van der Waals surface area contributed by atoms with E-state index >= 15 is 0 Å². The summed E-state index contributed by atoms with van der Waals surface area (Å²) in [5.74, 6) is 0.366. The number of aromatic nitrogens is 1. The largest absolute Gasteiger partial charge is 0.394 e. The van der Waals surface area contributed by atoms with Crippen LogP contribution in [0.15, 0.2) is 67.0 Å². The molecular weight excluding hydrogens is 372 g/mol. The number of nitrogens with one attached hydrogen (secondary N) is 1. The number of benzene rings is 2. The van der Waals surface area contributed by atoms with Crippen LogP contribution >= 0.6 is 0 Å². The van der Waals surface area contributed by atoms with Gasteiger partial charge >= 0.3 is 0 Å². The number of rotatable bonds is 4. The number of nitrogens with zero attached hydrogens (tertiary/aromatic N) is 3. The first-order chi connectivity index (χ1) is 14.8. The minimum atomic E-state index is 0.0673. The molecule has 5 heteroatoms. The Morgan fingerprint density at radius 1 is 1.10 bits per heavy atom. The number of nitriles is 1. The summed E-state index contributed by atoms with van der Waals surface area (Å²) < 4.78 is 0. The summed E-state index contributed by atoms with van der Waals surface area (Å²) in [5, 5.41) is 22.8. The third kappa shape index (κ3) is 3.35. The fourth-order valence-corrected chi connectivity index (χ4v) is 5.01. The van der Waals surface area contributed by atoms with Crippen LogP contribution in [0.5, 0.6) is 0 Å². The number of aliphatic hydroxyl groups excluding tert-OH is 1. The predicted octanol–water partition coefficient (Wildman–Crippen LogP) is 3.97. The molecule has 0 amide bonds. The van der Waals surface area contributed by atoms with Crippen LogP contribution in [0.3, 0.4) is 0 Å². The normalized spacial score (nSPS) is 22.6. The summed E-state index contributed by atoms with van der Waals surface area (Å²) >= 11 is 0. The standard InChI is InChI=1S/C25H24N4O/c26-14-18-2-1-3-19(12-18)20-4-5-23-22(13-20)25-21(24(16-30)28-23)8-11-29(25)15-17-6-9-27-10-7-17/h1-7,9-10,12-13,21,24-25,28,30H,8,11,15-16H2/t21-,24+,25-/m0/s1. The van der Waals surface area contributed by atoms with Crippen molar-refractivity contribution in [2.75, 3.05) is 18.5 Å². The molecule has 1 fully saturated rings. The Kier molecular flexibility index (Phi) is 4.96. The molecule has 0 radical (unpaired) electrons. The van der Waals surface area contributed by atoms with Crippen molar-refractivity contribution in [1.29, 1.82) is 5.26 Å². The van der Waals surface area contributed by atoms with Crippen LogP contribution in [-0.2, 0) is 6.54 Å². The Hall–Kier alpha value is -3.20. The molecule has 1 aromatic heterocycles. The van der Waals surface area contributed by atoms with Gasteiger partial charge in [0.15, 0.2) is 0 Å². The highest BCUT2D eigenvalue weighted by Crippen LogP contribution is 2.47. The molecule has 0 aliphatic carbocycles. The average Bonchev–Trinajstić information content (AvgIpc) is 3.23. The van der Waals surface area contributed by atoms with Crippen molar-refractivity contribution in [3.8, 4) is 17.2 Å². The van der Waals surface area contributed by atoms with E-state index in [0.717, 1.165) is 36.3 Å². The molecule has 0 spiro atoms. The summed E-state index contributed by atoms with van der Waals surface area (Å²) in [6, 6.07) is 20.9. The first kappa shape index (κ1) is 18.8. The highest BCUT2D eigenvalue weighted by molar-refractivity contribution is 5.71. The lowest BCUT2D eigenvalue weighted by atomic mass is 9.82. The second-order valence-electron chi connectivity index (χ2n) is 8.15. The van der Waals surface area contributed by atoms with Crippen molar-refractivity contribution in [2.24, 2.45) is 5.92 Å². The van der Waals surface area contributed by atoms with Crippen LogP contribution in [0.25, 0.3) is 11.1 Å². The van der Waals surface area contributed by atoms with Gasteiger partial charge in [0.2, 0.25) is 0 Å². The molecule has 3 atom stereocenters. The van der Waals surface area contributed by atoms with E-state index in [1.807, 2.05) is 30.6 Å². The van der Waals surface area contributed by atoms with Gasteiger partial charge in [-0.15, -0.1) is 0 Å². The van der Waals surface area contributed by atoms with E-state index in [-0.39, 0.29) is 18.7 Å². The zero-order valence-corrected chi connectivity index (χ0v) is 16.7. The van der Waals surface area contributed by atoms with Gasteiger partial charge in [-0.25, -0.2) is 0 Å². The quantitative estimate of drug-likeness (QED) is 0.698. The Balaban J connectivity index is 1.54. The maximum Gasteiger partial charge on any atom is 0.0991 e. The SMILES string of the molecule is N#Cc1cccc(-c2ccc3c(c2)[C@@H]2[C@@H](CCN2Cc2ccncc2)[C@@H](CO)N3)c1. The van der Waals surface area contributed by atoms with E-state index in [2.05, 4.69) is 57.7 Å². The third-order valence-corrected chi connectivity index (χ3v) is 6.43. The zero-order valence-electron chi connectivity index (χ0n) is 16.7. The zero-order chi connectivity index (χ0) is 20.5. The maximum absolute atomic E-state index is 10.0. The molecule has 0 unspecified atom stereocenters. The lowest BCUT2D eigenvalue weighted by Gasteiger charge is -2.39. The Morgan fingerprint density at radius 2 is 1.93 bits per heavy atom. The summed E-state index contributed by atoms with van der Waals surface area (Å²) in [5.41, 5.74) is 6.46. The minimum absolute atomic E-state index is 0.0673. The van der Waals surface area contributed by atoms with E-state index in [1.54, 1.807) is 0 Å². The molecular formula is C25H24N4O. The van der Waals surface area contributed by atoms with E-state index in [0.29, 0.717) is 11.5 Å². The van der Waals surface area contributed by atoms with E-state index in [9.17, 15) is 10.4 Å². The van der Waals surface area contributed by atoms with Gasteiger partial charge in [-0.05, 0) is 71.6 Å². The molecule has 2 N–H and O–H groups in total. The third-order valence-electron chi connectivity index (χ3n) is 6.43. The number of fused-ring (bicyclic) bond motifs is 3. The molecule has 0 saturated carbocycles. The summed E-state index contributed by atoms with van der Waals surface area (Å²) in [7, 11) is 0. The molecule has 30 heavy (non-hydrogen) atoms. The lowest BCUT2D eigenvalue weighted by Crippen LogP contribution is -2.41. The summed E-state index contributed by atoms with van der Waals surface area (Å²) in [6.45, 7) is 2.01. The van der Waals surface area contributed by atoms with Crippen LogP contribution in [-0.4, -0.2) is 34.2 Å². The fraction of sp³-hybridized carbons (Fsp3) is 0.280. The van der Waals surface area contributed by atoms with E-state index < -0.39 is 0 Å². The molecule has 5 nitrogen and oxygen atoms in total. The number of hydrogen-bond donors (Lipinski definition) is 2. The molecule has 3 aromatic rings. The van der Waals surface area contributed by atoms with Crippen molar-refractivity contribution in [3.63, 3.8) is 0 Å². The van der Waals surface area contributed by atoms with Crippen LogP contribution in [0, 0.1) is 17.2 Å². The Bertz CT molecular complexity index is 1090. The molecule has 5 rings (SSSR count). The smallest absolute Gasteiger partial charge is 0.0991 e. The van der Waals surface area contributed by atoms with Gasteiger partial charge in [0.05, 0.1) is 24.3 Å². The molecule has 2 aliphatic rings. The first-order valence-corrected chi connectivity index (χ1v) is 10.4. The predicted molar refractivity (Wildman–Crippen MR) is 117 cm³/mol. The van der Waals surface area contributed by atoms with E-state index in [4.69, 9.17) is 0 Å². The van der Waals surface area contributed by atoms with Crippen molar-refractivity contribution in [3.05, 3.63) is 83.7 Å². The van der Waals surface area contributed by atoms with Gasteiger partial charge in [0, 0.05) is 36.6 Å². The lowest BCUT2D eigenvalue weighted by molar-refractivity contribution is 0.172. The minimum Gasteiger partial charge on any atom is -0.394 e. The van der Waals surface area contributed by atoms with Gasteiger partial charge in [0.25, 0.3) is 0 Å². The van der Waals surface area contributed by atoms with Crippen molar-refractivity contribution in [2.45, 2.75) is 25.0 Å². The average molecular weight is 396 g/mol. The Morgan fingerprint density at radius 3 is 2.73 bits per heavy atom. The molecule has 0 bridgehead atoms. The van der Waals surface area contributed by atoms with Crippen LogP contribution in [0.2, 0.25) is 0 Å². The number of anilines is 1. The van der Waals surface area contributed by atoms with Crippen LogP contribution < -0.4 is 5.32 Å². The topological polar surface area (TPSA) is 72.2 Å². The fourth-order valence-electron chi connectivity index (χ4n) is 5.01. The maximum atomic E-state index is 10.0. The highest BCUT2D eigenvalue weighted by Gasteiger charge is 2.43. The second-order valence-corrected chi connectivity index (χ2v) is 8.15. The molecule has 150 valence electrons.